The average Bonchev–Trinajstić information content (AvgIpc) is 3.55. The molecule has 1 unspecified atom stereocenters. The lowest BCUT2D eigenvalue weighted by Gasteiger charge is -2.27. The van der Waals surface area contributed by atoms with Gasteiger partial charge in [0.25, 0.3) is 5.91 Å². The molecule has 4 rings (SSSR count). The number of carbonyl (C=O) groups excluding carboxylic acids is 2. The molecule has 2 aromatic carbocycles. The Bertz CT molecular complexity index is 975. The standard InChI is InChI=1S/C24H26FN3O3/c1-31-14-13-27(24(30)18-11-12-18)16-23(29)28-22(17-7-3-2-4-8-17)15-21(26-28)19-9-5-6-10-20(19)25/h2-10,18,22H,11-16H2,1H3. The molecule has 31 heavy (non-hydrogen) atoms. The summed E-state index contributed by atoms with van der Waals surface area (Å²) in [6.07, 6.45) is 2.14. The van der Waals surface area contributed by atoms with Gasteiger partial charge in [0.1, 0.15) is 12.4 Å². The molecule has 1 fully saturated rings. The van der Waals surface area contributed by atoms with Crippen LogP contribution >= 0.6 is 0 Å². The van der Waals surface area contributed by atoms with E-state index in [9.17, 15) is 14.0 Å². The molecule has 2 amide bonds. The Balaban J connectivity index is 1.60. The summed E-state index contributed by atoms with van der Waals surface area (Å²) in [5.41, 5.74) is 1.84. The van der Waals surface area contributed by atoms with Gasteiger partial charge in [0.2, 0.25) is 5.91 Å². The van der Waals surface area contributed by atoms with Gasteiger partial charge in [0.15, 0.2) is 0 Å². The highest BCUT2D eigenvalue weighted by Gasteiger charge is 2.37. The maximum absolute atomic E-state index is 14.4. The monoisotopic (exact) mass is 423 g/mol. The fourth-order valence-corrected chi connectivity index (χ4v) is 3.83. The highest BCUT2D eigenvalue weighted by atomic mass is 19.1. The summed E-state index contributed by atoms with van der Waals surface area (Å²) in [6.45, 7) is 0.638. The smallest absolute Gasteiger partial charge is 0.262 e. The molecule has 0 radical (unpaired) electrons. The second-order valence-corrected chi connectivity index (χ2v) is 7.92. The lowest BCUT2D eigenvalue weighted by molar-refractivity contribution is -0.142. The van der Waals surface area contributed by atoms with Gasteiger partial charge >= 0.3 is 0 Å². The minimum absolute atomic E-state index is 0.00521. The van der Waals surface area contributed by atoms with E-state index in [1.54, 1.807) is 30.2 Å². The van der Waals surface area contributed by atoms with Crippen LogP contribution in [-0.2, 0) is 14.3 Å². The van der Waals surface area contributed by atoms with Crippen molar-refractivity contribution < 1.29 is 18.7 Å². The number of amides is 2. The van der Waals surface area contributed by atoms with Crippen LogP contribution in [0.25, 0.3) is 0 Å². The summed E-state index contributed by atoms with van der Waals surface area (Å²) < 4.78 is 19.5. The number of hydrogen-bond acceptors (Lipinski definition) is 4. The Labute approximate surface area is 181 Å². The first-order valence-corrected chi connectivity index (χ1v) is 10.6. The summed E-state index contributed by atoms with van der Waals surface area (Å²) in [5, 5.41) is 5.94. The predicted molar refractivity (Wildman–Crippen MR) is 115 cm³/mol. The molecule has 1 atom stereocenters. The number of benzene rings is 2. The number of hydrogen-bond donors (Lipinski definition) is 0. The molecule has 2 aliphatic rings. The van der Waals surface area contributed by atoms with Crippen LogP contribution in [0.2, 0.25) is 0 Å². The van der Waals surface area contributed by atoms with E-state index in [0.717, 1.165) is 18.4 Å². The van der Waals surface area contributed by atoms with Gasteiger partial charge in [-0.2, -0.15) is 5.10 Å². The molecular formula is C24H26FN3O3. The second kappa shape index (κ2) is 9.39. The van der Waals surface area contributed by atoms with Crippen LogP contribution in [0.4, 0.5) is 4.39 Å². The summed E-state index contributed by atoms with van der Waals surface area (Å²) in [6, 6.07) is 15.7. The van der Waals surface area contributed by atoms with Crippen LogP contribution in [0, 0.1) is 11.7 Å². The zero-order chi connectivity index (χ0) is 21.8. The van der Waals surface area contributed by atoms with Crippen molar-refractivity contribution in [2.24, 2.45) is 11.0 Å². The van der Waals surface area contributed by atoms with Crippen LogP contribution in [0.1, 0.15) is 36.4 Å². The van der Waals surface area contributed by atoms with Gasteiger partial charge in [0.05, 0.1) is 18.4 Å². The molecule has 0 aromatic heterocycles. The minimum Gasteiger partial charge on any atom is -0.383 e. The molecule has 7 heteroatoms. The average molecular weight is 423 g/mol. The first-order chi connectivity index (χ1) is 15.1. The maximum atomic E-state index is 14.4. The summed E-state index contributed by atoms with van der Waals surface area (Å²) >= 11 is 0. The van der Waals surface area contributed by atoms with Crippen molar-refractivity contribution in [3.8, 4) is 0 Å². The second-order valence-electron chi connectivity index (χ2n) is 7.92. The van der Waals surface area contributed by atoms with E-state index in [1.165, 1.54) is 11.1 Å². The van der Waals surface area contributed by atoms with Crippen LogP contribution < -0.4 is 0 Å². The summed E-state index contributed by atoms with van der Waals surface area (Å²) in [5.74, 6) is -0.664. The molecule has 0 bridgehead atoms. The van der Waals surface area contributed by atoms with Crippen LogP contribution in [-0.4, -0.2) is 54.2 Å². The maximum Gasteiger partial charge on any atom is 0.262 e. The molecule has 0 N–H and O–H groups in total. The van der Waals surface area contributed by atoms with Gasteiger partial charge in [-0.25, -0.2) is 9.40 Å². The SMILES string of the molecule is COCCN(CC(=O)N1N=C(c2ccccc2F)CC1c1ccccc1)C(=O)C1CC1. The van der Waals surface area contributed by atoms with Crippen molar-refractivity contribution >= 4 is 17.5 Å². The number of methoxy groups -OCH3 is 1. The molecule has 1 aliphatic carbocycles. The van der Waals surface area contributed by atoms with E-state index in [0.29, 0.717) is 30.8 Å². The Morgan fingerprint density at radius 2 is 1.84 bits per heavy atom. The van der Waals surface area contributed by atoms with E-state index in [-0.39, 0.29) is 36.1 Å². The van der Waals surface area contributed by atoms with Crippen molar-refractivity contribution in [1.82, 2.24) is 9.91 Å². The summed E-state index contributed by atoms with van der Waals surface area (Å²) in [4.78, 5) is 27.5. The fourth-order valence-electron chi connectivity index (χ4n) is 3.83. The Morgan fingerprint density at radius 3 is 2.52 bits per heavy atom. The minimum atomic E-state index is -0.368. The Kier molecular flexibility index (Phi) is 6.42. The highest BCUT2D eigenvalue weighted by Crippen LogP contribution is 2.34. The molecule has 6 nitrogen and oxygen atoms in total. The quantitative estimate of drug-likeness (QED) is 0.654. The molecule has 0 saturated heterocycles. The van der Waals surface area contributed by atoms with E-state index >= 15 is 0 Å². The van der Waals surface area contributed by atoms with E-state index in [4.69, 9.17) is 4.74 Å². The Hall–Kier alpha value is -3.06. The lowest BCUT2D eigenvalue weighted by atomic mass is 9.98. The topological polar surface area (TPSA) is 62.2 Å². The fraction of sp³-hybridized carbons (Fsp3) is 0.375. The van der Waals surface area contributed by atoms with Crippen molar-refractivity contribution in [1.29, 1.82) is 0 Å². The van der Waals surface area contributed by atoms with Crippen molar-refractivity contribution in [2.75, 3.05) is 26.8 Å². The van der Waals surface area contributed by atoms with Gasteiger partial charge in [-0.15, -0.1) is 0 Å². The largest absolute Gasteiger partial charge is 0.383 e. The lowest BCUT2D eigenvalue weighted by Crippen LogP contribution is -2.43. The first kappa shape index (κ1) is 21.2. The molecule has 2 aromatic rings. The number of rotatable bonds is 8. The first-order valence-electron chi connectivity index (χ1n) is 10.6. The summed E-state index contributed by atoms with van der Waals surface area (Å²) in [7, 11) is 1.57. The zero-order valence-electron chi connectivity index (χ0n) is 17.5. The number of ether oxygens (including phenoxy) is 1. The normalized spacial score (nSPS) is 18.1. The Morgan fingerprint density at radius 1 is 1.13 bits per heavy atom. The third-order valence-electron chi connectivity index (χ3n) is 5.66. The molecule has 1 saturated carbocycles. The van der Waals surface area contributed by atoms with Gasteiger partial charge in [-0.1, -0.05) is 48.5 Å². The van der Waals surface area contributed by atoms with Crippen LogP contribution in [0.5, 0.6) is 0 Å². The van der Waals surface area contributed by atoms with Crippen molar-refractivity contribution in [2.45, 2.75) is 25.3 Å². The molecule has 1 heterocycles. The highest BCUT2D eigenvalue weighted by molar-refractivity contribution is 6.03. The zero-order valence-corrected chi connectivity index (χ0v) is 17.5. The van der Waals surface area contributed by atoms with Gasteiger partial charge in [-0.05, 0) is 24.5 Å². The number of halogens is 1. The molecule has 1 aliphatic heterocycles. The number of hydrazone groups is 1. The molecular weight excluding hydrogens is 397 g/mol. The van der Waals surface area contributed by atoms with Gasteiger partial charge in [-0.3, -0.25) is 9.59 Å². The third-order valence-corrected chi connectivity index (χ3v) is 5.66. The van der Waals surface area contributed by atoms with Crippen LogP contribution in [0.15, 0.2) is 59.7 Å². The third kappa shape index (κ3) is 4.82. The number of nitrogens with zero attached hydrogens (tertiary/aromatic N) is 3. The number of carbonyl (C=O) groups is 2. The van der Waals surface area contributed by atoms with Gasteiger partial charge < -0.3 is 9.64 Å². The van der Waals surface area contributed by atoms with Crippen molar-refractivity contribution in [3.63, 3.8) is 0 Å². The molecule has 162 valence electrons. The van der Waals surface area contributed by atoms with Gasteiger partial charge in [0, 0.05) is 31.6 Å². The molecule has 0 spiro atoms. The van der Waals surface area contributed by atoms with Crippen molar-refractivity contribution in [3.05, 3.63) is 71.5 Å². The van der Waals surface area contributed by atoms with E-state index in [2.05, 4.69) is 5.10 Å². The van der Waals surface area contributed by atoms with Crippen LogP contribution in [0.3, 0.4) is 0 Å². The predicted octanol–water partition coefficient (Wildman–Crippen LogP) is 3.39. The van der Waals surface area contributed by atoms with E-state index < -0.39 is 0 Å². The van der Waals surface area contributed by atoms with E-state index in [1.807, 2.05) is 30.3 Å².